The minimum atomic E-state index is -0.515. The van der Waals surface area contributed by atoms with E-state index in [4.69, 9.17) is 10.5 Å². The van der Waals surface area contributed by atoms with Crippen LogP contribution >= 0.6 is 11.8 Å². The largest absolute Gasteiger partial charge is 0.492 e. The Morgan fingerprint density at radius 1 is 1.13 bits per heavy atom. The van der Waals surface area contributed by atoms with Gasteiger partial charge in [-0.3, -0.25) is 4.90 Å². The summed E-state index contributed by atoms with van der Waals surface area (Å²) in [6, 6.07) is 14.3. The molecule has 4 rings (SSSR count). The number of anilines is 1. The second kappa shape index (κ2) is 9.36. The van der Waals surface area contributed by atoms with E-state index in [1.807, 2.05) is 37.3 Å². The smallest absolute Gasteiger partial charge is 0.316 e. The summed E-state index contributed by atoms with van der Waals surface area (Å²) in [5.74, 6) is 1.45. The molecule has 1 unspecified atom stereocenters. The number of hydrogen-bond acceptors (Lipinski definition) is 5. The number of carbonyl (C=O) groups is 1. The number of nitrogens with two attached hydrogens (primary N) is 1. The van der Waals surface area contributed by atoms with Crippen molar-refractivity contribution in [2.75, 3.05) is 56.5 Å². The Morgan fingerprint density at radius 3 is 2.65 bits per heavy atom. The standard InChI is InChI=1S/C23H29FN4O2S/c1-23(28(22(25)29)14-16-31-23)20-7-2-3-8-21(20)30-15-13-26-9-11-27(12-10-26)19-6-4-5-18(24)17-19/h2-8,17H,9-16H2,1H3,(H2,25,29). The third kappa shape index (κ3) is 4.75. The number of nitrogens with zero attached hydrogens (tertiary/aromatic N) is 3. The summed E-state index contributed by atoms with van der Waals surface area (Å²) in [7, 11) is 0. The number of primary amides is 1. The van der Waals surface area contributed by atoms with Gasteiger partial charge in [-0.2, -0.15) is 0 Å². The molecule has 6 nitrogen and oxygen atoms in total. The molecule has 0 radical (unpaired) electrons. The SMILES string of the molecule is CC1(c2ccccc2OCCN2CCN(c3cccc(F)c3)CC2)SCCN1C(N)=O. The molecular formula is C23H29FN4O2S. The van der Waals surface area contributed by atoms with Crippen LogP contribution in [0.4, 0.5) is 14.9 Å². The third-order valence-corrected chi connectivity index (χ3v) is 7.47. The Balaban J connectivity index is 1.33. The predicted molar refractivity (Wildman–Crippen MR) is 123 cm³/mol. The lowest BCUT2D eigenvalue weighted by atomic mass is 10.1. The minimum Gasteiger partial charge on any atom is -0.492 e. The highest BCUT2D eigenvalue weighted by Gasteiger charge is 2.43. The molecule has 0 saturated carbocycles. The Labute approximate surface area is 187 Å². The van der Waals surface area contributed by atoms with Crippen LogP contribution in [0.3, 0.4) is 0 Å². The molecular weight excluding hydrogens is 415 g/mol. The third-order valence-electron chi connectivity index (χ3n) is 6.08. The van der Waals surface area contributed by atoms with E-state index >= 15 is 0 Å². The van der Waals surface area contributed by atoms with E-state index in [2.05, 4.69) is 9.80 Å². The van der Waals surface area contributed by atoms with Crippen molar-refractivity contribution in [3.05, 3.63) is 59.9 Å². The first kappa shape index (κ1) is 21.8. The van der Waals surface area contributed by atoms with Crippen molar-refractivity contribution in [1.29, 1.82) is 0 Å². The summed E-state index contributed by atoms with van der Waals surface area (Å²) < 4.78 is 19.7. The maximum atomic E-state index is 13.5. The van der Waals surface area contributed by atoms with Crippen molar-refractivity contribution in [2.24, 2.45) is 5.73 Å². The van der Waals surface area contributed by atoms with Crippen LogP contribution in [0.25, 0.3) is 0 Å². The zero-order valence-corrected chi connectivity index (χ0v) is 18.6. The number of hydrogen-bond donors (Lipinski definition) is 1. The van der Waals surface area contributed by atoms with Crippen LogP contribution in [0.1, 0.15) is 12.5 Å². The number of rotatable bonds is 6. The Hall–Kier alpha value is -2.45. The van der Waals surface area contributed by atoms with Crippen LogP contribution in [0.15, 0.2) is 48.5 Å². The van der Waals surface area contributed by atoms with Crippen LogP contribution < -0.4 is 15.4 Å². The maximum Gasteiger partial charge on any atom is 0.316 e. The summed E-state index contributed by atoms with van der Waals surface area (Å²) >= 11 is 1.71. The Bertz CT molecular complexity index is 922. The average Bonchev–Trinajstić information content (AvgIpc) is 3.17. The zero-order chi connectivity index (χ0) is 21.8. The van der Waals surface area contributed by atoms with E-state index in [-0.39, 0.29) is 5.82 Å². The lowest BCUT2D eigenvalue weighted by molar-refractivity contribution is 0.181. The summed E-state index contributed by atoms with van der Waals surface area (Å²) in [6.45, 7) is 7.59. The van der Waals surface area contributed by atoms with Gasteiger partial charge in [0.15, 0.2) is 0 Å². The van der Waals surface area contributed by atoms with Gasteiger partial charge in [-0.25, -0.2) is 9.18 Å². The van der Waals surface area contributed by atoms with E-state index in [9.17, 15) is 9.18 Å². The molecule has 1 atom stereocenters. The van der Waals surface area contributed by atoms with Crippen molar-refractivity contribution in [1.82, 2.24) is 9.80 Å². The normalized spacial score (nSPS) is 22.0. The van der Waals surface area contributed by atoms with Gasteiger partial charge in [-0.05, 0) is 31.2 Å². The van der Waals surface area contributed by atoms with Crippen LogP contribution in [-0.4, -0.2) is 67.5 Å². The Kier molecular flexibility index (Phi) is 6.57. The molecule has 31 heavy (non-hydrogen) atoms. The van der Waals surface area contributed by atoms with Crippen LogP contribution in [0, 0.1) is 5.82 Å². The van der Waals surface area contributed by atoms with Crippen molar-refractivity contribution in [3.63, 3.8) is 0 Å². The number of thioether (sulfide) groups is 1. The monoisotopic (exact) mass is 444 g/mol. The molecule has 0 bridgehead atoms. The molecule has 166 valence electrons. The topological polar surface area (TPSA) is 62.0 Å². The second-order valence-corrected chi connectivity index (χ2v) is 9.47. The first-order chi connectivity index (χ1) is 15.0. The number of carbonyl (C=O) groups excluding carboxylic acids is 1. The van der Waals surface area contributed by atoms with Crippen molar-refractivity contribution in [2.45, 2.75) is 11.8 Å². The second-order valence-electron chi connectivity index (χ2n) is 7.97. The van der Waals surface area contributed by atoms with E-state index in [1.54, 1.807) is 28.8 Å². The average molecular weight is 445 g/mol. The van der Waals surface area contributed by atoms with Gasteiger partial charge in [-0.15, -0.1) is 11.8 Å². The molecule has 2 fully saturated rings. The van der Waals surface area contributed by atoms with Crippen LogP contribution in [0.5, 0.6) is 5.75 Å². The Morgan fingerprint density at radius 2 is 1.90 bits per heavy atom. The fourth-order valence-electron chi connectivity index (χ4n) is 4.33. The highest BCUT2D eigenvalue weighted by Crippen LogP contribution is 2.47. The fraction of sp³-hybridized carbons (Fsp3) is 0.435. The number of urea groups is 1. The van der Waals surface area contributed by atoms with Crippen molar-refractivity contribution >= 4 is 23.5 Å². The van der Waals surface area contributed by atoms with Gasteiger partial charge in [-0.1, -0.05) is 24.3 Å². The van der Waals surface area contributed by atoms with Gasteiger partial charge < -0.3 is 20.3 Å². The molecule has 2 aliphatic heterocycles. The van der Waals surface area contributed by atoms with E-state index in [1.165, 1.54) is 6.07 Å². The highest BCUT2D eigenvalue weighted by atomic mass is 32.2. The van der Waals surface area contributed by atoms with Crippen LogP contribution in [-0.2, 0) is 4.87 Å². The summed E-state index contributed by atoms with van der Waals surface area (Å²) in [5, 5.41) is 0. The maximum absolute atomic E-state index is 13.5. The van der Waals surface area contributed by atoms with Gasteiger partial charge in [0.25, 0.3) is 0 Å². The zero-order valence-electron chi connectivity index (χ0n) is 17.8. The molecule has 0 aliphatic carbocycles. The molecule has 2 saturated heterocycles. The van der Waals surface area contributed by atoms with E-state index < -0.39 is 10.9 Å². The van der Waals surface area contributed by atoms with Gasteiger partial charge in [0.2, 0.25) is 0 Å². The lowest BCUT2D eigenvalue weighted by Crippen LogP contribution is -2.47. The van der Waals surface area contributed by atoms with Gasteiger partial charge >= 0.3 is 6.03 Å². The van der Waals surface area contributed by atoms with Gasteiger partial charge in [0.1, 0.15) is 23.0 Å². The molecule has 2 N–H and O–H groups in total. The van der Waals surface area contributed by atoms with Gasteiger partial charge in [0, 0.05) is 56.3 Å². The number of benzene rings is 2. The van der Waals surface area contributed by atoms with Crippen molar-refractivity contribution < 1.29 is 13.9 Å². The molecule has 0 spiro atoms. The highest BCUT2D eigenvalue weighted by molar-refractivity contribution is 8.00. The molecule has 2 amide bonds. The molecule has 2 aliphatic rings. The number of para-hydroxylation sites is 1. The molecule has 2 heterocycles. The van der Waals surface area contributed by atoms with Gasteiger partial charge in [0.05, 0.1) is 0 Å². The van der Waals surface area contributed by atoms with E-state index in [0.29, 0.717) is 13.2 Å². The number of halogens is 1. The quantitative estimate of drug-likeness (QED) is 0.741. The summed E-state index contributed by atoms with van der Waals surface area (Å²) in [4.78, 5) is 17.7. The first-order valence-corrected chi connectivity index (χ1v) is 11.6. The van der Waals surface area contributed by atoms with Crippen molar-refractivity contribution in [3.8, 4) is 5.75 Å². The number of amides is 2. The summed E-state index contributed by atoms with van der Waals surface area (Å²) in [5.41, 5.74) is 7.54. The summed E-state index contributed by atoms with van der Waals surface area (Å²) in [6.07, 6.45) is 0. The molecule has 8 heteroatoms. The number of ether oxygens (including phenoxy) is 1. The van der Waals surface area contributed by atoms with E-state index in [0.717, 1.165) is 55.5 Å². The minimum absolute atomic E-state index is 0.198. The molecule has 0 aromatic heterocycles. The predicted octanol–water partition coefficient (Wildman–Crippen LogP) is 3.33. The molecule has 2 aromatic rings. The fourth-order valence-corrected chi connectivity index (χ4v) is 5.67. The first-order valence-electron chi connectivity index (χ1n) is 10.6. The lowest BCUT2D eigenvalue weighted by Gasteiger charge is -2.36. The van der Waals surface area contributed by atoms with Crippen LogP contribution in [0.2, 0.25) is 0 Å². The molecule has 2 aromatic carbocycles. The number of piperazine rings is 1.